The minimum absolute atomic E-state index is 0.106. The lowest BCUT2D eigenvalue weighted by molar-refractivity contribution is -0.137. The smallest absolute Gasteiger partial charge is 0.325 e. The largest absolute Gasteiger partial charge is 0.480 e. The van der Waals surface area contributed by atoms with Gasteiger partial charge < -0.3 is 5.11 Å². The molecule has 4 aliphatic rings. The fourth-order valence-electron chi connectivity index (χ4n) is 5.74. The van der Waals surface area contributed by atoms with Gasteiger partial charge in [-0.15, -0.1) is 6.58 Å². The maximum atomic E-state index is 11.1. The Morgan fingerprint density at radius 1 is 1.30 bits per heavy atom. The molecule has 124 valence electrons. The summed E-state index contributed by atoms with van der Waals surface area (Å²) in [5, 5.41) is 13.8. The first-order chi connectivity index (χ1) is 11.0. The fourth-order valence-corrected chi connectivity index (χ4v) is 6.01. The Hall–Kier alpha value is -1.43. The molecule has 23 heavy (non-hydrogen) atoms. The van der Waals surface area contributed by atoms with Crippen LogP contribution >= 0.6 is 12.2 Å². The summed E-state index contributed by atoms with van der Waals surface area (Å²) in [5.41, 5.74) is 0.106. The molecule has 0 amide bonds. The number of aliphatic carboxylic acids is 1. The normalized spacial score (nSPS) is 34.7. The second-order valence-corrected chi connectivity index (χ2v) is 8.12. The second-order valence-electron chi connectivity index (χ2n) is 7.75. The quantitative estimate of drug-likeness (QED) is 0.664. The molecule has 0 radical (unpaired) electrons. The maximum absolute atomic E-state index is 11.1. The molecule has 0 atom stereocenters. The number of rotatable bonds is 5. The predicted molar refractivity (Wildman–Crippen MR) is 88.7 cm³/mol. The molecule has 0 saturated heterocycles. The number of hydrogen-bond acceptors (Lipinski definition) is 3. The van der Waals surface area contributed by atoms with Crippen LogP contribution in [-0.4, -0.2) is 25.4 Å². The first-order valence-corrected chi connectivity index (χ1v) is 8.92. The molecule has 1 heterocycles. The van der Waals surface area contributed by atoms with E-state index in [-0.39, 0.29) is 12.0 Å². The molecule has 1 aromatic rings. The van der Waals surface area contributed by atoms with Crippen LogP contribution in [-0.2, 0) is 23.3 Å². The lowest BCUT2D eigenvalue weighted by Gasteiger charge is -2.56. The van der Waals surface area contributed by atoms with Gasteiger partial charge in [0.25, 0.3) is 0 Å². The molecule has 0 aliphatic heterocycles. The SMILES string of the molecule is C=CCn1c(C23CC4CC(CC(C4)C2)C3)nn(CC(=O)O)c1=S. The summed E-state index contributed by atoms with van der Waals surface area (Å²) < 4.78 is 4.02. The molecule has 0 spiro atoms. The average molecular weight is 333 g/mol. The van der Waals surface area contributed by atoms with Crippen molar-refractivity contribution in [2.45, 2.75) is 57.0 Å². The molecule has 0 aromatic carbocycles. The third-order valence-corrected chi connectivity index (χ3v) is 6.46. The minimum atomic E-state index is -0.901. The topological polar surface area (TPSA) is 60.0 Å². The van der Waals surface area contributed by atoms with Crippen LogP contribution in [0.4, 0.5) is 0 Å². The number of carbonyl (C=O) groups is 1. The van der Waals surface area contributed by atoms with Gasteiger partial charge in [0.15, 0.2) is 4.77 Å². The van der Waals surface area contributed by atoms with Gasteiger partial charge in [-0.2, -0.15) is 5.10 Å². The highest BCUT2D eigenvalue weighted by Crippen LogP contribution is 2.60. The van der Waals surface area contributed by atoms with Crippen molar-refractivity contribution < 1.29 is 9.90 Å². The van der Waals surface area contributed by atoms with E-state index in [9.17, 15) is 4.79 Å². The minimum Gasteiger partial charge on any atom is -0.480 e. The molecule has 0 unspecified atom stereocenters. The van der Waals surface area contributed by atoms with Gasteiger partial charge in [-0.1, -0.05) is 6.08 Å². The van der Waals surface area contributed by atoms with Crippen molar-refractivity contribution in [3.8, 4) is 0 Å². The number of hydrogen-bond donors (Lipinski definition) is 1. The number of allylic oxidation sites excluding steroid dienone is 1. The Labute approximate surface area is 141 Å². The Morgan fingerprint density at radius 3 is 2.35 bits per heavy atom. The Balaban J connectivity index is 1.80. The monoisotopic (exact) mass is 333 g/mol. The molecule has 5 nitrogen and oxygen atoms in total. The molecule has 1 aromatic heterocycles. The van der Waals surface area contributed by atoms with Gasteiger partial charge in [0, 0.05) is 12.0 Å². The van der Waals surface area contributed by atoms with E-state index in [1.165, 1.54) is 43.2 Å². The highest BCUT2D eigenvalue weighted by atomic mass is 32.1. The van der Waals surface area contributed by atoms with E-state index in [0.29, 0.717) is 11.3 Å². The lowest BCUT2D eigenvalue weighted by Crippen LogP contribution is -2.49. The molecule has 4 bridgehead atoms. The van der Waals surface area contributed by atoms with Crippen LogP contribution < -0.4 is 0 Å². The van der Waals surface area contributed by atoms with E-state index in [2.05, 4.69) is 6.58 Å². The van der Waals surface area contributed by atoms with Crippen LogP contribution in [0, 0.1) is 22.5 Å². The number of carboxylic acids is 1. The predicted octanol–water partition coefficient (Wildman–Crippen LogP) is 3.15. The number of nitrogens with zero attached hydrogens (tertiary/aromatic N) is 3. The summed E-state index contributed by atoms with van der Waals surface area (Å²) >= 11 is 5.50. The van der Waals surface area contributed by atoms with Gasteiger partial charge in [-0.25, -0.2) is 4.68 Å². The van der Waals surface area contributed by atoms with Crippen LogP contribution in [0.1, 0.15) is 44.3 Å². The van der Waals surface area contributed by atoms with E-state index >= 15 is 0 Å². The third kappa shape index (κ3) is 2.38. The highest BCUT2D eigenvalue weighted by molar-refractivity contribution is 7.71. The Bertz CT molecular complexity index is 683. The van der Waals surface area contributed by atoms with Gasteiger partial charge in [0.2, 0.25) is 0 Å². The van der Waals surface area contributed by atoms with Crippen molar-refractivity contribution >= 4 is 18.2 Å². The van der Waals surface area contributed by atoms with Crippen LogP contribution in [0.15, 0.2) is 12.7 Å². The van der Waals surface area contributed by atoms with E-state index in [0.717, 1.165) is 23.6 Å². The molecule has 6 heteroatoms. The van der Waals surface area contributed by atoms with Crippen molar-refractivity contribution in [1.82, 2.24) is 14.3 Å². The first-order valence-electron chi connectivity index (χ1n) is 8.51. The zero-order valence-electron chi connectivity index (χ0n) is 13.3. The first kappa shape index (κ1) is 15.1. The number of aromatic nitrogens is 3. The van der Waals surface area contributed by atoms with Crippen LogP contribution in [0.3, 0.4) is 0 Å². The molecule has 4 aliphatic carbocycles. The van der Waals surface area contributed by atoms with Crippen molar-refractivity contribution in [2.24, 2.45) is 17.8 Å². The molecule has 5 rings (SSSR count). The summed E-state index contributed by atoms with van der Waals surface area (Å²) in [6.07, 6.45) is 9.51. The molecule has 1 N–H and O–H groups in total. The average Bonchev–Trinajstić information content (AvgIpc) is 2.76. The van der Waals surface area contributed by atoms with Crippen molar-refractivity contribution in [3.05, 3.63) is 23.3 Å². The summed E-state index contributed by atoms with van der Waals surface area (Å²) in [4.78, 5) is 11.1. The highest BCUT2D eigenvalue weighted by Gasteiger charge is 2.53. The van der Waals surface area contributed by atoms with Gasteiger partial charge in [-0.05, 0) is 68.5 Å². The van der Waals surface area contributed by atoms with Crippen LogP contribution in [0.5, 0.6) is 0 Å². The third-order valence-electron chi connectivity index (χ3n) is 6.03. The van der Waals surface area contributed by atoms with E-state index in [1.54, 1.807) is 0 Å². The Morgan fingerprint density at radius 2 is 1.87 bits per heavy atom. The van der Waals surface area contributed by atoms with Gasteiger partial charge in [-0.3, -0.25) is 9.36 Å². The Kier molecular flexibility index (Phi) is 3.48. The zero-order valence-corrected chi connectivity index (χ0v) is 14.1. The van der Waals surface area contributed by atoms with Crippen molar-refractivity contribution in [3.63, 3.8) is 0 Å². The van der Waals surface area contributed by atoms with Crippen LogP contribution in [0.25, 0.3) is 0 Å². The van der Waals surface area contributed by atoms with Crippen molar-refractivity contribution in [1.29, 1.82) is 0 Å². The number of carboxylic acid groups (broad SMARTS) is 1. The standard InChI is InChI=1S/C17H23N3O2S/c1-2-3-19-15(18-20(16(19)23)10-14(21)22)17-7-11-4-12(8-17)6-13(5-11)9-17/h2,11-13H,1,3-10H2,(H,21,22). The summed E-state index contributed by atoms with van der Waals surface area (Å²) in [6, 6.07) is 0. The van der Waals surface area contributed by atoms with E-state index in [4.69, 9.17) is 22.4 Å². The second kappa shape index (κ2) is 5.30. The summed E-state index contributed by atoms with van der Waals surface area (Å²) in [5.74, 6) is 2.56. The fraction of sp³-hybridized carbons (Fsp3) is 0.706. The molecule has 4 saturated carbocycles. The van der Waals surface area contributed by atoms with Gasteiger partial charge in [0.05, 0.1) is 0 Å². The lowest BCUT2D eigenvalue weighted by atomic mass is 9.49. The van der Waals surface area contributed by atoms with Gasteiger partial charge >= 0.3 is 5.97 Å². The van der Waals surface area contributed by atoms with E-state index < -0.39 is 5.97 Å². The van der Waals surface area contributed by atoms with Crippen molar-refractivity contribution in [2.75, 3.05) is 0 Å². The summed E-state index contributed by atoms with van der Waals surface area (Å²) in [6.45, 7) is 4.28. The van der Waals surface area contributed by atoms with Gasteiger partial charge in [0.1, 0.15) is 12.4 Å². The zero-order chi connectivity index (χ0) is 16.2. The molecule has 4 fully saturated rings. The summed E-state index contributed by atoms with van der Waals surface area (Å²) in [7, 11) is 0. The molecular weight excluding hydrogens is 310 g/mol. The van der Waals surface area contributed by atoms with Crippen LogP contribution in [0.2, 0.25) is 0 Å². The molecular formula is C17H23N3O2S. The van der Waals surface area contributed by atoms with E-state index in [1.807, 2.05) is 10.6 Å². The maximum Gasteiger partial charge on any atom is 0.325 e.